The highest BCUT2D eigenvalue weighted by molar-refractivity contribution is 6.33. The van der Waals surface area contributed by atoms with Gasteiger partial charge in [-0.25, -0.2) is 10.5 Å². The van der Waals surface area contributed by atoms with Gasteiger partial charge in [0.05, 0.1) is 11.2 Å². The maximum absolute atomic E-state index is 11.7. The lowest BCUT2D eigenvalue weighted by Crippen LogP contribution is -2.24. The van der Waals surface area contributed by atoms with Gasteiger partial charge in [-0.2, -0.15) is 0 Å². The van der Waals surface area contributed by atoms with Crippen molar-refractivity contribution in [3.63, 3.8) is 0 Å². The molecule has 1 aromatic carbocycles. The Kier molecular flexibility index (Phi) is 3.20. The van der Waals surface area contributed by atoms with Gasteiger partial charge in [-0.15, -0.1) is 0 Å². The first-order chi connectivity index (χ1) is 9.70. The summed E-state index contributed by atoms with van der Waals surface area (Å²) in [6.45, 7) is 1.94. The van der Waals surface area contributed by atoms with E-state index in [2.05, 4.69) is 15.8 Å². The Bertz CT molecular complexity index is 677. The van der Waals surface area contributed by atoms with E-state index in [1.54, 1.807) is 6.07 Å². The smallest absolute Gasteiger partial charge is 0.266 e. The quantitative estimate of drug-likeness (QED) is 0.878. The van der Waals surface area contributed by atoms with E-state index in [-0.39, 0.29) is 5.91 Å². The second kappa shape index (κ2) is 5.02. The van der Waals surface area contributed by atoms with Crippen LogP contribution in [0.4, 0.5) is 0 Å². The van der Waals surface area contributed by atoms with Crippen LogP contribution in [0.5, 0.6) is 0 Å². The zero-order chi connectivity index (χ0) is 14.1. The second-order valence-corrected chi connectivity index (χ2v) is 4.71. The number of amides is 1. The van der Waals surface area contributed by atoms with Crippen LogP contribution in [-0.2, 0) is 9.63 Å². The lowest BCUT2D eigenvalue weighted by molar-refractivity contribution is -0.113. The lowest BCUT2D eigenvalue weighted by Gasteiger charge is -2.08. The summed E-state index contributed by atoms with van der Waals surface area (Å²) < 4.78 is 0. The molecular formula is C14H12ClN3O2. The Morgan fingerprint density at radius 3 is 2.85 bits per heavy atom. The number of hydrogen-bond donors (Lipinski definition) is 2. The highest BCUT2D eigenvalue weighted by Crippen LogP contribution is 2.33. The summed E-state index contributed by atoms with van der Waals surface area (Å²) in [6.07, 6.45) is 1.90. The Hall–Kier alpha value is -2.27. The Morgan fingerprint density at radius 1 is 1.30 bits per heavy atom. The molecule has 6 heteroatoms. The molecule has 0 unspecified atom stereocenters. The molecule has 3 rings (SSSR count). The van der Waals surface area contributed by atoms with Crippen molar-refractivity contribution in [2.45, 2.75) is 13.3 Å². The van der Waals surface area contributed by atoms with Crippen LogP contribution in [0, 0.1) is 0 Å². The second-order valence-electron chi connectivity index (χ2n) is 4.31. The van der Waals surface area contributed by atoms with Gasteiger partial charge in [-0.05, 0) is 6.07 Å². The first-order valence-electron chi connectivity index (χ1n) is 6.21. The molecule has 2 aliphatic rings. The highest BCUT2D eigenvalue weighted by atomic mass is 35.5. The van der Waals surface area contributed by atoms with E-state index in [0.29, 0.717) is 34.3 Å². The number of aliphatic imine (C=N–C) groups is 1. The highest BCUT2D eigenvalue weighted by Gasteiger charge is 2.28. The third-order valence-corrected chi connectivity index (χ3v) is 3.38. The summed E-state index contributed by atoms with van der Waals surface area (Å²) in [6, 6.07) is 7.33. The Labute approximate surface area is 120 Å². The number of nitrogens with one attached hydrogen (secondary N) is 2. The predicted octanol–water partition coefficient (Wildman–Crippen LogP) is 2.37. The van der Waals surface area contributed by atoms with Crippen molar-refractivity contribution in [2.24, 2.45) is 4.99 Å². The lowest BCUT2D eigenvalue weighted by atomic mass is 10.1. The van der Waals surface area contributed by atoms with Gasteiger partial charge in [-0.1, -0.05) is 36.7 Å². The molecule has 1 amide bonds. The topological polar surface area (TPSA) is 62.7 Å². The number of halogens is 1. The number of carbonyl (C=O) groups is 1. The molecule has 2 aliphatic heterocycles. The summed E-state index contributed by atoms with van der Waals surface area (Å²) in [4.78, 5) is 21.3. The van der Waals surface area contributed by atoms with Crippen molar-refractivity contribution in [3.8, 4) is 0 Å². The summed E-state index contributed by atoms with van der Waals surface area (Å²) in [5, 5.41) is 3.33. The Morgan fingerprint density at radius 2 is 2.10 bits per heavy atom. The number of hydroxylamine groups is 1. The van der Waals surface area contributed by atoms with E-state index in [4.69, 9.17) is 16.4 Å². The molecule has 5 nitrogen and oxygen atoms in total. The summed E-state index contributed by atoms with van der Waals surface area (Å²) in [5.41, 5.74) is 5.37. The average molecular weight is 290 g/mol. The summed E-state index contributed by atoms with van der Waals surface area (Å²) in [7, 11) is 0. The fourth-order valence-corrected chi connectivity index (χ4v) is 2.33. The summed E-state index contributed by atoms with van der Waals surface area (Å²) >= 11 is 6.21. The number of fused-ring (bicyclic) bond motifs is 1. The first kappa shape index (κ1) is 12.7. The molecule has 0 bridgehead atoms. The van der Waals surface area contributed by atoms with E-state index in [9.17, 15) is 4.79 Å². The van der Waals surface area contributed by atoms with Crippen LogP contribution in [0.15, 0.2) is 46.4 Å². The number of nitrogens with zero attached hydrogens (tertiary/aromatic N) is 1. The number of allylic oxidation sites excluding steroid dienone is 1. The molecule has 2 heterocycles. The maximum atomic E-state index is 11.7. The summed E-state index contributed by atoms with van der Waals surface area (Å²) in [5.74, 6) is 0.376. The number of benzene rings is 1. The maximum Gasteiger partial charge on any atom is 0.266 e. The molecule has 0 radical (unpaired) electrons. The number of rotatable bonds is 2. The molecule has 0 fully saturated rings. The molecule has 1 aromatic rings. The van der Waals surface area contributed by atoms with Gasteiger partial charge in [-0.3, -0.25) is 4.79 Å². The van der Waals surface area contributed by atoms with Crippen LogP contribution in [0.1, 0.15) is 18.9 Å². The third-order valence-electron chi connectivity index (χ3n) is 3.05. The van der Waals surface area contributed by atoms with Gasteiger partial charge in [0.15, 0.2) is 5.76 Å². The molecular weight excluding hydrogens is 278 g/mol. The molecule has 102 valence electrons. The minimum atomic E-state index is -0.294. The van der Waals surface area contributed by atoms with Crippen LogP contribution < -0.4 is 10.8 Å². The van der Waals surface area contributed by atoms with Crippen LogP contribution in [0.25, 0.3) is 5.70 Å². The zero-order valence-electron chi connectivity index (χ0n) is 10.7. The molecule has 2 N–H and O–H groups in total. The van der Waals surface area contributed by atoms with Gasteiger partial charge in [0.1, 0.15) is 17.1 Å². The van der Waals surface area contributed by atoms with Gasteiger partial charge < -0.3 is 10.2 Å². The minimum absolute atomic E-state index is 0.294. The van der Waals surface area contributed by atoms with Gasteiger partial charge >= 0.3 is 0 Å². The molecule has 20 heavy (non-hydrogen) atoms. The predicted molar refractivity (Wildman–Crippen MR) is 76.5 cm³/mol. The molecule has 0 saturated heterocycles. The van der Waals surface area contributed by atoms with E-state index in [1.807, 2.05) is 25.1 Å². The van der Waals surface area contributed by atoms with E-state index in [0.717, 1.165) is 5.56 Å². The van der Waals surface area contributed by atoms with Crippen molar-refractivity contribution < 1.29 is 9.63 Å². The normalized spacial score (nSPS) is 17.4. The molecule has 0 aromatic heterocycles. The van der Waals surface area contributed by atoms with Crippen molar-refractivity contribution in [1.29, 1.82) is 0 Å². The van der Waals surface area contributed by atoms with Crippen molar-refractivity contribution >= 4 is 29.4 Å². The van der Waals surface area contributed by atoms with Gasteiger partial charge in [0.2, 0.25) is 0 Å². The monoisotopic (exact) mass is 289 g/mol. The van der Waals surface area contributed by atoms with Crippen LogP contribution in [-0.4, -0.2) is 12.1 Å². The van der Waals surface area contributed by atoms with Crippen molar-refractivity contribution in [2.75, 3.05) is 0 Å². The zero-order valence-corrected chi connectivity index (χ0v) is 11.5. The fourth-order valence-electron chi connectivity index (χ4n) is 2.10. The van der Waals surface area contributed by atoms with Crippen molar-refractivity contribution in [3.05, 3.63) is 52.0 Å². The SMILES string of the molecule is CCC1=C2NC(=O)C=NC(c3ccccc3Cl)=C2NO1. The Balaban J connectivity index is 2.21. The third kappa shape index (κ3) is 2.06. The fraction of sp³-hybridized carbons (Fsp3) is 0.143. The van der Waals surface area contributed by atoms with Crippen LogP contribution in [0.2, 0.25) is 5.02 Å². The standard InChI is InChI=1S/C14H12ClN3O2/c1-2-10-13-14(18-20-10)12(16-7-11(19)17-13)8-5-3-4-6-9(8)15/h3-7,18H,2H2,1H3,(H,17,19). The number of carbonyl (C=O) groups excluding carboxylic acids is 1. The van der Waals surface area contributed by atoms with E-state index >= 15 is 0 Å². The molecule has 0 spiro atoms. The van der Waals surface area contributed by atoms with Gasteiger partial charge in [0.25, 0.3) is 5.91 Å². The average Bonchev–Trinajstić information content (AvgIpc) is 2.76. The van der Waals surface area contributed by atoms with Crippen LogP contribution in [0.3, 0.4) is 0 Å². The molecule has 0 atom stereocenters. The van der Waals surface area contributed by atoms with Crippen molar-refractivity contribution in [1.82, 2.24) is 10.8 Å². The van der Waals surface area contributed by atoms with Gasteiger partial charge in [0, 0.05) is 12.0 Å². The minimum Gasteiger partial charge on any atom is -0.384 e. The first-order valence-corrected chi connectivity index (χ1v) is 6.59. The van der Waals surface area contributed by atoms with Crippen LogP contribution >= 0.6 is 11.6 Å². The molecule has 0 saturated carbocycles. The van der Waals surface area contributed by atoms with E-state index in [1.165, 1.54) is 6.21 Å². The van der Waals surface area contributed by atoms with E-state index < -0.39 is 0 Å². The largest absolute Gasteiger partial charge is 0.384 e. The molecule has 0 aliphatic carbocycles. The number of hydrogen-bond acceptors (Lipinski definition) is 4.